The molecule has 128 valence electrons. The van der Waals surface area contributed by atoms with E-state index < -0.39 is 0 Å². The molecule has 24 heavy (non-hydrogen) atoms. The maximum absolute atomic E-state index is 12.9. The maximum Gasteiger partial charge on any atom is 0.232 e. The standard InChI is InChI=1S/C17H20N4O2.ClH/c22-16(17-8-2-1-3-13(17)9-18-10-17)20-14-6-4-12(5-7-14)15-19-11-23-21-15;/h4-7,11,13,18H,1-3,8-10H2,(H,20,22);1H/t13-,17+;/m0./s1. The summed E-state index contributed by atoms with van der Waals surface area (Å²) in [5, 5.41) is 10.3. The summed E-state index contributed by atoms with van der Waals surface area (Å²) in [5.74, 6) is 1.17. The zero-order chi connectivity index (χ0) is 15.7. The Morgan fingerprint density at radius 3 is 2.88 bits per heavy atom. The summed E-state index contributed by atoms with van der Waals surface area (Å²) in [4.78, 5) is 16.9. The van der Waals surface area contributed by atoms with Crippen LogP contribution in [0.25, 0.3) is 11.4 Å². The Hall–Kier alpha value is -1.92. The van der Waals surface area contributed by atoms with Gasteiger partial charge in [-0.25, -0.2) is 0 Å². The predicted octanol–water partition coefficient (Wildman–Crippen LogP) is 2.88. The lowest BCUT2D eigenvalue weighted by molar-refractivity contribution is -0.128. The molecule has 0 bridgehead atoms. The SMILES string of the molecule is Cl.O=C(Nc1ccc(-c2ncon2)cc1)[C@@]12CCCC[C@H]1CNC2. The van der Waals surface area contributed by atoms with Crippen LogP contribution in [0.3, 0.4) is 0 Å². The lowest BCUT2D eigenvalue weighted by atomic mass is 9.67. The first-order chi connectivity index (χ1) is 11.3. The zero-order valence-corrected chi connectivity index (χ0v) is 14.1. The molecule has 1 aliphatic heterocycles. The van der Waals surface area contributed by atoms with Crippen LogP contribution in [0.2, 0.25) is 0 Å². The molecule has 2 aromatic rings. The largest absolute Gasteiger partial charge is 0.342 e. The van der Waals surface area contributed by atoms with Gasteiger partial charge in [0, 0.05) is 17.8 Å². The van der Waals surface area contributed by atoms with Gasteiger partial charge in [-0.3, -0.25) is 4.79 Å². The molecular weight excluding hydrogens is 328 g/mol. The molecule has 7 heteroatoms. The van der Waals surface area contributed by atoms with Gasteiger partial charge >= 0.3 is 0 Å². The second kappa shape index (κ2) is 6.91. The van der Waals surface area contributed by atoms with Gasteiger partial charge in [0.05, 0.1) is 5.41 Å². The molecule has 1 saturated carbocycles. The molecule has 0 unspecified atom stereocenters. The fraction of sp³-hybridized carbons (Fsp3) is 0.471. The van der Waals surface area contributed by atoms with E-state index in [9.17, 15) is 4.79 Å². The van der Waals surface area contributed by atoms with Gasteiger partial charge in [0.15, 0.2) is 0 Å². The first-order valence-corrected chi connectivity index (χ1v) is 8.17. The molecular formula is C17H21ClN4O2. The number of hydrogen-bond acceptors (Lipinski definition) is 5. The number of carbonyl (C=O) groups excluding carboxylic acids is 1. The molecule has 1 amide bonds. The molecule has 2 aliphatic rings. The van der Waals surface area contributed by atoms with E-state index in [1.165, 1.54) is 12.8 Å². The van der Waals surface area contributed by atoms with Gasteiger partial charge < -0.3 is 15.2 Å². The summed E-state index contributed by atoms with van der Waals surface area (Å²) in [6, 6.07) is 7.56. The van der Waals surface area contributed by atoms with E-state index >= 15 is 0 Å². The minimum absolute atomic E-state index is 0. The highest BCUT2D eigenvalue weighted by molar-refractivity contribution is 5.96. The van der Waals surface area contributed by atoms with Crippen LogP contribution < -0.4 is 10.6 Å². The molecule has 2 fully saturated rings. The second-order valence-corrected chi connectivity index (χ2v) is 6.52. The summed E-state index contributed by atoms with van der Waals surface area (Å²) in [5.41, 5.74) is 1.45. The average Bonchev–Trinajstić information content (AvgIpc) is 3.25. The monoisotopic (exact) mass is 348 g/mol. The van der Waals surface area contributed by atoms with Crippen LogP contribution >= 0.6 is 12.4 Å². The molecule has 1 saturated heterocycles. The molecule has 2 N–H and O–H groups in total. The smallest absolute Gasteiger partial charge is 0.232 e. The van der Waals surface area contributed by atoms with Crippen molar-refractivity contribution in [3.63, 3.8) is 0 Å². The Labute approximate surface area is 146 Å². The minimum Gasteiger partial charge on any atom is -0.342 e. The van der Waals surface area contributed by atoms with E-state index in [-0.39, 0.29) is 23.7 Å². The van der Waals surface area contributed by atoms with Crippen molar-refractivity contribution in [2.45, 2.75) is 25.7 Å². The van der Waals surface area contributed by atoms with E-state index in [0.29, 0.717) is 11.7 Å². The summed E-state index contributed by atoms with van der Waals surface area (Å²) in [7, 11) is 0. The Morgan fingerprint density at radius 2 is 2.12 bits per heavy atom. The number of carbonyl (C=O) groups is 1. The van der Waals surface area contributed by atoms with E-state index in [1.807, 2.05) is 24.3 Å². The van der Waals surface area contributed by atoms with Gasteiger partial charge in [-0.2, -0.15) is 4.98 Å². The van der Waals surface area contributed by atoms with E-state index in [2.05, 4.69) is 20.8 Å². The highest BCUT2D eigenvalue weighted by Gasteiger charge is 2.49. The molecule has 0 spiro atoms. The van der Waals surface area contributed by atoms with Crippen LogP contribution in [0.5, 0.6) is 0 Å². The van der Waals surface area contributed by atoms with Crippen LogP contribution in [0, 0.1) is 11.3 Å². The lowest BCUT2D eigenvalue weighted by Gasteiger charge is -2.37. The van der Waals surface area contributed by atoms with Crippen molar-refractivity contribution in [2.75, 3.05) is 18.4 Å². The van der Waals surface area contributed by atoms with Crippen molar-refractivity contribution in [1.82, 2.24) is 15.5 Å². The molecule has 1 aromatic carbocycles. The van der Waals surface area contributed by atoms with Gasteiger partial charge in [-0.15, -0.1) is 12.4 Å². The molecule has 1 aromatic heterocycles. The first-order valence-electron chi connectivity index (χ1n) is 8.17. The number of hydrogen-bond donors (Lipinski definition) is 2. The third-order valence-electron chi connectivity index (χ3n) is 5.25. The molecule has 6 nitrogen and oxygen atoms in total. The van der Waals surface area contributed by atoms with Gasteiger partial charge in [0.2, 0.25) is 18.1 Å². The van der Waals surface area contributed by atoms with E-state index in [4.69, 9.17) is 4.52 Å². The number of rotatable bonds is 3. The van der Waals surface area contributed by atoms with Crippen LogP contribution in [0.15, 0.2) is 35.2 Å². The number of fused-ring (bicyclic) bond motifs is 1. The second-order valence-electron chi connectivity index (χ2n) is 6.52. The summed E-state index contributed by atoms with van der Waals surface area (Å²) >= 11 is 0. The predicted molar refractivity (Wildman–Crippen MR) is 92.9 cm³/mol. The quantitative estimate of drug-likeness (QED) is 0.891. The van der Waals surface area contributed by atoms with Gasteiger partial charge in [0.25, 0.3) is 0 Å². The number of aromatic nitrogens is 2. The van der Waals surface area contributed by atoms with Gasteiger partial charge in [-0.05, 0) is 49.6 Å². The fourth-order valence-corrected chi connectivity index (χ4v) is 3.95. The van der Waals surface area contributed by atoms with Gasteiger partial charge in [-0.1, -0.05) is 18.0 Å². The zero-order valence-electron chi connectivity index (χ0n) is 13.3. The normalized spacial score (nSPS) is 25.6. The van der Waals surface area contributed by atoms with E-state index in [0.717, 1.165) is 43.6 Å². The topological polar surface area (TPSA) is 80.1 Å². The van der Waals surface area contributed by atoms with Crippen molar-refractivity contribution in [3.05, 3.63) is 30.7 Å². The molecule has 1 aliphatic carbocycles. The third-order valence-corrected chi connectivity index (χ3v) is 5.25. The van der Waals surface area contributed by atoms with Crippen LogP contribution in [0.1, 0.15) is 25.7 Å². The Kier molecular flexibility index (Phi) is 4.87. The number of nitrogens with zero attached hydrogens (tertiary/aromatic N) is 2. The molecule has 2 atom stereocenters. The van der Waals surface area contributed by atoms with Crippen LogP contribution in [-0.2, 0) is 4.79 Å². The molecule has 2 heterocycles. The lowest BCUT2D eigenvalue weighted by Crippen LogP contribution is -2.44. The van der Waals surface area contributed by atoms with Crippen LogP contribution in [-0.4, -0.2) is 29.1 Å². The molecule has 0 radical (unpaired) electrons. The highest BCUT2D eigenvalue weighted by atomic mass is 35.5. The Morgan fingerprint density at radius 1 is 1.29 bits per heavy atom. The van der Waals surface area contributed by atoms with Crippen molar-refractivity contribution in [2.24, 2.45) is 11.3 Å². The average molecular weight is 349 g/mol. The Bertz CT molecular complexity index is 689. The summed E-state index contributed by atoms with van der Waals surface area (Å²) in [6.45, 7) is 1.76. The van der Waals surface area contributed by atoms with Gasteiger partial charge in [0.1, 0.15) is 0 Å². The highest BCUT2D eigenvalue weighted by Crippen LogP contribution is 2.44. The van der Waals surface area contributed by atoms with Crippen molar-refractivity contribution >= 4 is 24.0 Å². The number of nitrogens with one attached hydrogen (secondary N) is 2. The van der Waals surface area contributed by atoms with Crippen molar-refractivity contribution in [1.29, 1.82) is 0 Å². The maximum atomic E-state index is 12.9. The van der Waals surface area contributed by atoms with Crippen LogP contribution in [0.4, 0.5) is 5.69 Å². The van der Waals surface area contributed by atoms with Crippen molar-refractivity contribution in [3.8, 4) is 11.4 Å². The van der Waals surface area contributed by atoms with Crippen molar-refractivity contribution < 1.29 is 9.32 Å². The fourth-order valence-electron chi connectivity index (χ4n) is 3.95. The number of amides is 1. The number of anilines is 1. The Balaban J connectivity index is 0.00000169. The summed E-state index contributed by atoms with van der Waals surface area (Å²) < 4.78 is 4.75. The number of halogens is 1. The minimum atomic E-state index is -0.232. The first kappa shape index (κ1) is 16.9. The van der Waals surface area contributed by atoms with E-state index in [1.54, 1.807) is 0 Å². The number of benzene rings is 1. The third kappa shape index (κ3) is 2.91. The summed E-state index contributed by atoms with van der Waals surface area (Å²) in [6.07, 6.45) is 5.82. The molecule has 4 rings (SSSR count).